The Morgan fingerprint density at radius 2 is 1.58 bits per heavy atom. The van der Waals surface area contributed by atoms with E-state index in [0.717, 1.165) is 6.42 Å². The van der Waals surface area contributed by atoms with Crippen LogP contribution in [0.5, 0.6) is 0 Å². The summed E-state index contributed by atoms with van der Waals surface area (Å²) in [4.78, 5) is 15.2. The van der Waals surface area contributed by atoms with Crippen LogP contribution >= 0.6 is 0 Å². The number of anilines is 1. The average molecular weight is 420 g/mol. The molecule has 1 aliphatic rings. The van der Waals surface area contributed by atoms with Crippen LogP contribution in [0.25, 0.3) is 0 Å². The van der Waals surface area contributed by atoms with Crippen molar-refractivity contribution in [3.8, 4) is 0 Å². The number of hydrogen-bond acceptors (Lipinski definition) is 2. The molecule has 0 amide bonds. The number of rotatable bonds is 9. The third-order valence-electron chi connectivity index (χ3n) is 7.29. The molecule has 0 unspecified atom stereocenters. The van der Waals surface area contributed by atoms with Gasteiger partial charge in [0.2, 0.25) is 0 Å². The van der Waals surface area contributed by atoms with Crippen molar-refractivity contribution in [2.45, 2.75) is 89.9 Å². The van der Waals surface area contributed by atoms with Gasteiger partial charge in [0.05, 0.1) is 0 Å². The SMILES string of the molecule is CC(C)c1ccc(CC(=O)CCC2(c3ccc(N(C)C)cc3)CCCC2)c(C(C)C)c1. The molecule has 31 heavy (non-hydrogen) atoms. The molecule has 1 saturated carbocycles. The molecule has 0 bridgehead atoms. The summed E-state index contributed by atoms with van der Waals surface area (Å²) in [6, 6.07) is 15.8. The van der Waals surface area contributed by atoms with Crippen LogP contribution in [0, 0.1) is 0 Å². The van der Waals surface area contributed by atoms with Gasteiger partial charge in [0.1, 0.15) is 5.78 Å². The Morgan fingerprint density at radius 3 is 2.13 bits per heavy atom. The highest BCUT2D eigenvalue weighted by Gasteiger charge is 2.35. The highest BCUT2D eigenvalue weighted by molar-refractivity contribution is 5.81. The fraction of sp³-hybridized carbons (Fsp3) is 0.552. The van der Waals surface area contributed by atoms with Crippen molar-refractivity contribution >= 4 is 11.5 Å². The van der Waals surface area contributed by atoms with Crippen molar-refractivity contribution in [3.05, 3.63) is 64.7 Å². The minimum absolute atomic E-state index is 0.183. The molecule has 0 N–H and O–H groups in total. The van der Waals surface area contributed by atoms with E-state index in [1.54, 1.807) is 0 Å². The van der Waals surface area contributed by atoms with E-state index in [4.69, 9.17) is 0 Å². The Labute approximate surface area is 190 Å². The fourth-order valence-corrected chi connectivity index (χ4v) is 5.20. The molecule has 0 saturated heterocycles. The van der Waals surface area contributed by atoms with Gasteiger partial charge in [0.15, 0.2) is 0 Å². The summed E-state index contributed by atoms with van der Waals surface area (Å²) in [5, 5.41) is 0. The summed E-state index contributed by atoms with van der Waals surface area (Å²) in [6.07, 6.45) is 7.20. The molecule has 0 spiro atoms. The van der Waals surface area contributed by atoms with Crippen molar-refractivity contribution in [2.24, 2.45) is 0 Å². The van der Waals surface area contributed by atoms with Crippen LogP contribution in [0.1, 0.15) is 100 Å². The second kappa shape index (κ2) is 10.0. The van der Waals surface area contributed by atoms with Crippen molar-refractivity contribution < 1.29 is 4.79 Å². The molecule has 0 aromatic heterocycles. The minimum atomic E-state index is 0.183. The summed E-state index contributed by atoms with van der Waals surface area (Å²) in [6.45, 7) is 8.93. The Morgan fingerprint density at radius 1 is 0.935 bits per heavy atom. The highest BCUT2D eigenvalue weighted by atomic mass is 16.1. The number of ketones is 1. The van der Waals surface area contributed by atoms with Gasteiger partial charge >= 0.3 is 0 Å². The molecule has 2 nitrogen and oxygen atoms in total. The van der Waals surface area contributed by atoms with Gasteiger partial charge in [-0.15, -0.1) is 0 Å². The predicted octanol–water partition coefficient (Wildman–Crippen LogP) is 7.40. The smallest absolute Gasteiger partial charge is 0.137 e. The van der Waals surface area contributed by atoms with Crippen LogP contribution in [0.15, 0.2) is 42.5 Å². The van der Waals surface area contributed by atoms with E-state index in [1.165, 1.54) is 53.6 Å². The minimum Gasteiger partial charge on any atom is -0.378 e. The van der Waals surface area contributed by atoms with E-state index in [1.807, 2.05) is 0 Å². The van der Waals surface area contributed by atoms with Gasteiger partial charge < -0.3 is 4.90 Å². The van der Waals surface area contributed by atoms with E-state index >= 15 is 0 Å². The van der Waals surface area contributed by atoms with E-state index < -0.39 is 0 Å². The van der Waals surface area contributed by atoms with E-state index in [0.29, 0.717) is 30.5 Å². The van der Waals surface area contributed by atoms with Gasteiger partial charge in [-0.1, -0.05) is 70.9 Å². The normalized spacial score (nSPS) is 15.6. The number of carbonyl (C=O) groups is 1. The van der Waals surface area contributed by atoms with Crippen LogP contribution in [0.3, 0.4) is 0 Å². The summed E-state index contributed by atoms with van der Waals surface area (Å²) < 4.78 is 0. The monoisotopic (exact) mass is 419 g/mol. The number of benzene rings is 2. The molecule has 1 fully saturated rings. The van der Waals surface area contributed by atoms with Crippen molar-refractivity contribution in [2.75, 3.05) is 19.0 Å². The molecule has 2 aromatic rings. The molecule has 0 aliphatic heterocycles. The lowest BCUT2D eigenvalue weighted by atomic mass is 9.74. The first-order chi connectivity index (χ1) is 14.7. The number of carbonyl (C=O) groups excluding carboxylic acids is 1. The van der Waals surface area contributed by atoms with E-state index in [-0.39, 0.29) is 5.41 Å². The van der Waals surface area contributed by atoms with Crippen molar-refractivity contribution in [1.82, 2.24) is 0 Å². The average Bonchev–Trinajstić information content (AvgIpc) is 3.22. The molecule has 2 aromatic carbocycles. The lowest BCUT2D eigenvalue weighted by Crippen LogP contribution is -2.24. The predicted molar refractivity (Wildman–Crippen MR) is 133 cm³/mol. The van der Waals surface area contributed by atoms with Crippen LogP contribution < -0.4 is 4.90 Å². The zero-order valence-electron chi connectivity index (χ0n) is 20.5. The molecule has 3 rings (SSSR count). The Kier molecular flexibility index (Phi) is 7.62. The quantitative estimate of drug-likeness (QED) is 0.422. The second-order valence-electron chi connectivity index (χ2n) is 10.4. The lowest BCUT2D eigenvalue weighted by molar-refractivity contribution is -0.118. The maximum atomic E-state index is 13.1. The van der Waals surface area contributed by atoms with Gasteiger partial charge in [-0.25, -0.2) is 0 Å². The van der Waals surface area contributed by atoms with Gasteiger partial charge in [0, 0.05) is 32.6 Å². The van der Waals surface area contributed by atoms with Crippen molar-refractivity contribution in [1.29, 1.82) is 0 Å². The summed E-state index contributed by atoms with van der Waals surface area (Å²) in [7, 11) is 4.16. The second-order valence-corrected chi connectivity index (χ2v) is 10.4. The molecular weight excluding hydrogens is 378 g/mol. The van der Waals surface area contributed by atoms with Gasteiger partial charge in [-0.3, -0.25) is 4.79 Å². The fourth-order valence-electron chi connectivity index (χ4n) is 5.20. The first kappa shape index (κ1) is 23.6. The van der Waals surface area contributed by atoms with Gasteiger partial charge in [-0.05, 0) is 70.9 Å². The van der Waals surface area contributed by atoms with Crippen LogP contribution in [0.4, 0.5) is 5.69 Å². The first-order valence-electron chi connectivity index (χ1n) is 12.1. The third kappa shape index (κ3) is 5.59. The van der Waals surface area contributed by atoms with Crippen LogP contribution in [-0.4, -0.2) is 19.9 Å². The maximum Gasteiger partial charge on any atom is 0.137 e. The molecule has 168 valence electrons. The highest BCUT2D eigenvalue weighted by Crippen LogP contribution is 2.45. The molecular formula is C29H41NO. The summed E-state index contributed by atoms with van der Waals surface area (Å²) in [5.74, 6) is 1.34. The van der Waals surface area contributed by atoms with Crippen LogP contribution in [-0.2, 0) is 16.6 Å². The van der Waals surface area contributed by atoms with Crippen molar-refractivity contribution in [3.63, 3.8) is 0 Å². The summed E-state index contributed by atoms with van der Waals surface area (Å²) >= 11 is 0. The number of hydrogen-bond donors (Lipinski definition) is 0. The molecule has 0 atom stereocenters. The third-order valence-corrected chi connectivity index (χ3v) is 7.29. The first-order valence-corrected chi connectivity index (χ1v) is 12.1. The Balaban J connectivity index is 1.71. The largest absolute Gasteiger partial charge is 0.378 e. The maximum absolute atomic E-state index is 13.1. The lowest BCUT2D eigenvalue weighted by Gasteiger charge is -2.30. The van der Waals surface area contributed by atoms with Crippen LogP contribution in [0.2, 0.25) is 0 Å². The zero-order valence-corrected chi connectivity index (χ0v) is 20.5. The van der Waals surface area contributed by atoms with E-state index in [2.05, 4.69) is 89.2 Å². The molecule has 2 heteroatoms. The zero-order chi connectivity index (χ0) is 22.6. The Bertz CT molecular complexity index is 870. The standard InChI is InChI=1S/C29H41NO/c1-21(2)23-9-10-24(28(20-23)22(3)4)19-27(31)15-18-29(16-7-8-17-29)25-11-13-26(14-12-25)30(5)6/h9-14,20-22H,7-8,15-19H2,1-6H3. The number of Topliss-reactive ketones (excluding diaryl/α,β-unsaturated/α-hetero) is 1. The van der Waals surface area contributed by atoms with Gasteiger partial charge in [-0.2, -0.15) is 0 Å². The number of nitrogens with zero attached hydrogens (tertiary/aromatic N) is 1. The molecule has 0 heterocycles. The summed E-state index contributed by atoms with van der Waals surface area (Å²) in [5.41, 5.74) is 6.77. The van der Waals surface area contributed by atoms with E-state index in [9.17, 15) is 4.79 Å². The Hall–Kier alpha value is -2.09. The van der Waals surface area contributed by atoms with Gasteiger partial charge in [0.25, 0.3) is 0 Å². The topological polar surface area (TPSA) is 20.3 Å². The molecule has 0 radical (unpaired) electrons. The molecule has 1 aliphatic carbocycles.